The number of hydrogen-bond donors (Lipinski definition) is 1. The summed E-state index contributed by atoms with van der Waals surface area (Å²) in [6, 6.07) is 124. The van der Waals surface area contributed by atoms with Crippen LogP contribution in [0.2, 0.25) is 0 Å². The number of pyridine rings is 1. The van der Waals surface area contributed by atoms with Crippen molar-refractivity contribution in [3.63, 3.8) is 0 Å². The van der Waals surface area contributed by atoms with Gasteiger partial charge in [0.2, 0.25) is 0 Å². The molecule has 0 fully saturated rings. The molecule has 6 aromatic heterocycles. The van der Waals surface area contributed by atoms with Gasteiger partial charge in [-0.1, -0.05) is 237 Å². The van der Waals surface area contributed by atoms with E-state index >= 15 is 0 Å². The van der Waals surface area contributed by atoms with Crippen molar-refractivity contribution in [3.8, 4) is 68.2 Å². The number of hydrogen-bond acceptors (Lipinski definition) is 6. The van der Waals surface area contributed by atoms with Crippen LogP contribution >= 0.6 is 0 Å². The molecule has 0 unspecified atom stereocenters. The van der Waals surface area contributed by atoms with Gasteiger partial charge in [0.05, 0.1) is 49.9 Å². The predicted octanol–water partition coefficient (Wildman–Crippen LogP) is 24.3. The van der Waals surface area contributed by atoms with Gasteiger partial charge in [0.15, 0.2) is 23.3 Å². The molecule has 10 nitrogen and oxygen atoms in total. The van der Waals surface area contributed by atoms with Crippen molar-refractivity contribution in [2.45, 2.75) is 27.7 Å². The summed E-state index contributed by atoms with van der Waals surface area (Å²) in [5.74, 6) is 1.88. The van der Waals surface area contributed by atoms with Gasteiger partial charge in [-0.05, 0) is 140 Å². The Kier molecular flexibility index (Phi) is 19.1. The monoisotopic (exact) mass is 1570 g/mol. The topological polar surface area (TPSA) is 109 Å². The Morgan fingerprint density at radius 2 is 0.769 bits per heavy atom. The van der Waals surface area contributed by atoms with E-state index in [1.54, 1.807) is 0 Å². The van der Waals surface area contributed by atoms with Crippen LogP contribution in [0.1, 0.15) is 25.1 Å². The van der Waals surface area contributed by atoms with Gasteiger partial charge in [-0.3, -0.25) is 9.78 Å². The van der Waals surface area contributed by atoms with Crippen molar-refractivity contribution in [3.05, 3.63) is 375 Å². The number of carbonyl (C=O) groups excluding carboxylic acids is 1. The molecule has 108 heavy (non-hydrogen) atoms. The van der Waals surface area contributed by atoms with Crippen LogP contribution in [0.4, 0.5) is 0 Å². The van der Waals surface area contributed by atoms with Crippen molar-refractivity contribution in [1.29, 1.82) is 0 Å². The minimum atomic E-state index is -0.125. The molecule has 11 heteroatoms. The van der Waals surface area contributed by atoms with E-state index in [9.17, 15) is 4.79 Å². The van der Waals surface area contributed by atoms with E-state index in [1.165, 1.54) is 135 Å². The quantitative estimate of drug-likeness (QED) is 0.0876. The van der Waals surface area contributed by atoms with Crippen molar-refractivity contribution in [1.82, 2.24) is 38.2 Å². The van der Waals surface area contributed by atoms with E-state index in [0.29, 0.717) is 17.5 Å². The standard InChI is InChI=1S/C43H31N5.C34H22N2.C15H10N.C5H8O2.Ir/c1-28-29(2)47(33-20-10-5-11-21-33)39-27-37-35-23-12-13-24-38(35)48(40(37)26-36(28)39)34-22-14-19-32(25-34)43-45-41(30-15-6-3-7-16-30)44-42(46-43)31-17-8-4-9-18-31;1-3-13-23(14-4-1)35-29-21-11-9-19-27(29)31-25-17-7-8-18-26(25)32-28-20-10-12-22-30(28)36(34(32)33(31)35)24-15-5-2-6-16-24;1-2-6-12(7-3-1)15-11-10-13-8-4-5-9-14(13)16-15;1-4(6)3-5(2)7;/h3-27H,1-2H3;1-22H;1-6,8-11H;3,6H,1-2H3;/q;;-1;;. The molecule has 14 aromatic carbocycles. The summed E-state index contributed by atoms with van der Waals surface area (Å²) >= 11 is 0. The van der Waals surface area contributed by atoms with E-state index in [1.807, 2.05) is 109 Å². The predicted molar refractivity (Wildman–Crippen MR) is 442 cm³/mol. The minimum absolute atomic E-state index is 0. The Bertz CT molecular complexity index is 6540. The second-order valence-electron chi connectivity index (χ2n) is 26.6. The third-order valence-electron chi connectivity index (χ3n) is 19.9. The molecule has 0 aliphatic carbocycles. The van der Waals surface area contributed by atoms with E-state index in [4.69, 9.17) is 20.1 Å². The van der Waals surface area contributed by atoms with Crippen LogP contribution in [0, 0.1) is 19.9 Å². The Labute approximate surface area is 638 Å². The van der Waals surface area contributed by atoms with Gasteiger partial charge < -0.3 is 23.4 Å². The fourth-order valence-electron chi connectivity index (χ4n) is 15.1. The first-order valence-electron chi connectivity index (χ1n) is 35.9. The summed E-state index contributed by atoms with van der Waals surface area (Å²) in [7, 11) is 0. The normalized spacial score (nSPS) is 11.4. The SMILES string of the molecule is CC(=O)C=C(C)O.Cc1c(C)n(-c2ccccc2)c2cc3c4ccccc4n(-c4cccc(-c5nc(-c6ccccc6)nc(-c6ccccc6)n5)c4)c3cc12.[Ir].[c-]1ccccc1-c1ccc2ccccc2n1.c1ccc(-n2c3ccccc3c3c4ccccc4c4c5ccccc5n(-c5ccccc5)c4c32)cc1. The number of para-hydroxylation sites is 7. The average molecular weight is 1570 g/mol. The fraction of sp³-hybridized carbons (Fsp3) is 0.0412. The molecule has 1 N–H and O–H groups in total. The van der Waals surface area contributed by atoms with Crippen LogP contribution in [-0.2, 0) is 24.9 Å². The molecule has 0 bridgehead atoms. The number of benzene rings is 14. The zero-order valence-corrected chi connectivity index (χ0v) is 62.1. The second kappa shape index (κ2) is 30.0. The molecule has 20 rings (SSSR count). The van der Waals surface area contributed by atoms with Crippen LogP contribution < -0.4 is 0 Å². The Morgan fingerprint density at radius 3 is 1.28 bits per heavy atom. The molecule has 0 atom stereocenters. The van der Waals surface area contributed by atoms with Crippen molar-refractivity contribution in [2.24, 2.45) is 0 Å². The zero-order chi connectivity index (χ0) is 72.5. The van der Waals surface area contributed by atoms with E-state index < -0.39 is 0 Å². The van der Waals surface area contributed by atoms with Gasteiger partial charge >= 0.3 is 0 Å². The first-order valence-corrected chi connectivity index (χ1v) is 35.9. The van der Waals surface area contributed by atoms with Crippen LogP contribution in [0.3, 0.4) is 0 Å². The number of nitrogens with zero attached hydrogens (tertiary/aromatic N) is 8. The molecule has 1 radical (unpaired) electrons. The number of aromatic nitrogens is 8. The third-order valence-corrected chi connectivity index (χ3v) is 19.9. The van der Waals surface area contributed by atoms with Crippen molar-refractivity contribution < 1.29 is 30.0 Å². The molecular formula is C97H71IrN8O2-. The molecule has 0 amide bonds. The summed E-state index contributed by atoms with van der Waals surface area (Å²) in [5, 5.41) is 21.0. The Balaban J connectivity index is 0.000000129. The first kappa shape index (κ1) is 69.0. The molecule has 6 heterocycles. The summed E-state index contributed by atoms with van der Waals surface area (Å²) in [4.78, 5) is 29.5. The minimum Gasteiger partial charge on any atom is -0.512 e. The molecule has 0 saturated carbocycles. The van der Waals surface area contributed by atoms with Gasteiger partial charge in [-0.15, -0.1) is 35.9 Å². The third kappa shape index (κ3) is 13.0. The number of fused-ring (bicyclic) bond motifs is 15. The van der Waals surface area contributed by atoms with Gasteiger partial charge in [-0.2, -0.15) is 0 Å². The second-order valence-corrected chi connectivity index (χ2v) is 26.6. The maximum absolute atomic E-state index is 10.0. The van der Waals surface area contributed by atoms with E-state index in [0.717, 1.165) is 44.7 Å². The van der Waals surface area contributed by atoms with E-state index in [2.05, 4.69) is 280 Å². The first-order chi connectivity index (χ1) is 52.6. The largest absolute Gasteiger partial charge is 0.512 e. The molecule has 0 aliphatic heterocycles. The fourth-order valence-corrected chi connectivity index (χ4v) is 15.1. The Hall–Kier alpha value is -13.4. The van der Waals surface area contributed by atoms with Gasteiger partial charge in [0, 0.05) is 109 Å². The number of rotatable bonds is 9. The number of aryl methyl sites for hydroxylation is 1. The number of ketones is 1. The number of carbonyl (C=O) groups is 1. The number of aliphatic hydroxyl groups excluding tert-OH is 1. The summed E-state index contributed by atoms with van der Waals surface area (Å²) in [6.45, 7) is 7.29. The number of allylic oxidation sites excluding steroid dienone is 2. The zero-order valence-electron chi connectivity index (χ0n) is 59.8. The Morgan fingerprint density at radius 1 is 0.352 bits per heavy atom. The van der Waals surface area contributed by atoms with Gasteiger partial charge in [0.1, 0.15) is 0 Å². The molecule has 0 spiro atoms. The molecule has 0 aliphatic rings. The molecule has 0 saturated heterocycles. The van der Waals surface area contributed by atoms with Crippen molar-refractivity contribution >= 4 is 104 Å². The van der Waals surface area contributed by atoms with Crippen molar-refractivity contribution in [2.75, 3.05) is 0 Å². The maximum atomic E-state index is 10.0. The molecular weight excluding hydrogens is 1500 g/mol. The van der Waals surface area contributed by atoms with Crippen LogP contribution in [0.25, 0.3) is 166 Å². The summed E-state index contributed by atoms with van der Waals surface area (Å²) < 4.78 is 9.67. The van der Waals surface area contributed by atoms with Crippen LogP contribution in [0.5, 0.6) is 0 Å². The summed E-state index contributed by atoms with van der Waals surface area (Å²) in [6.07, 6.45) is 1.17. The summed E-state index contributed by atoms with van der Waals surface area (Å²) in [5.41, 5.74) is 21.4. The van der Waals surface area contributed by atoms with E-state index in [-0.39, 0.29) is 31.6 Å². The van der Waals surface area contributed by atoms with Gasteiger partial charge in [-0.25, -0.2) is 15.0 Å². The van der Waals surface area contributed by atoms with Crippen LogP contribution in [-0.4, -0.2) is 49.1 Å². The van der Waals surface area contributed by atoms with Crippen LogP contribution in [0.15, 0.2) is 358 Å². The number of aliphatic hydroxyl groups is 1. The maximum Gasteiger partial charge on any atom is 0.164 e. The molecule has 20 aromatic rings. The van der Waals surface area contributed by atoms with Gasteiger partial charge in [0.25, 0.3) is 0 Å². The smallest absolute Gasteiger partial charge is 0.164 e. The molecule has 521 valence electrons. The average Bonchev–Trinajstić information content (AvgIpc) is 1.54.